The number of hydrogen-bond donors (Lipinski definition) is 0. The Labute approximate surface area is 169 Å². The first-order valence-electron chi connectivity index (χ1n) is 10.0. The van der Waals surface area contributed by atoms with E-state index in [1.807, 2.05) is 12.1 Å². The van der Waals surface area contributed by atoms with Crippen LogP contribution in [0.5, 0.6) is 5.75 Å². The lowest BCUT2D eigenvalue weighted by molar-refractivity contribution is -0.123. The molecule has 2 fully saturated rings. The fourth-order valence-electron chi connectivity index (χ4n) is 4.89. The van der Waals surface area contributed by atoms with Gasteiger partial charge in [-0.05, 0) is 60.6 Å². The largest absolute Gasteiger partial charge is 0.423 e. The molecule has 1 saturated heterocycles. The molecule has 0 aromatic heterocycles. The molecule has 0 N–H and O–H groups in total. The molecule has 2 amide bonds. The Hall–Kier alpha value is -3.21. The molecule has 1 heterocycles. The van der Waals surface area contributed by atoms with Gasteiger partial charge in [0.05, 0.1) is 23.1 Å². The van der Waals surface area contributed by atoms with E-state index in [0.717, 1.165) is 18.4 Å². The monoisotopic (exact) mass is 387 g/mol. The van der Waals surface area contributed by atoms with E-state index in [9.17, 15) is 14.4 Å². The van der Waals surface area contributed by atoms with Gasteiger partial charge >= 0.3 is 5.97 Å². The molecule has 3 aliphatic rings. The molecular weight excluding hydrogens is 366 g/mol. The average molecular weight is 387 g/mol. The van der Waals surface area contributed by atoms with E-state index >= 15 is 0 Å². The molecule has 1 saturated carbocycles. The first kappa shape index (κ1) is 17.9. The molecule has 146 valence electrons. The van der Waals surface area contributed by atoms with Crippen molar-refractivity contribution in [2.75, 3.05) is 4.90 Å². The van der Waals surface area contributed by atoms with Crippen LogP contribution in [-0.2, 0) is 16.0 Å². The number of fused-ring (bicyclic) bond motifs is 5. The molecule has 2 aromatic carbocycles. The zero-order valence-electron chi connectivity index (χ0n) is 16.1. The van der Waals surface area contributed by atoms with Crippen LogP contribution in [0.3, 0.4) is 0 Å². The van der Waals surface area contributed by atoms with Gasteiger partial charge in [0.15, 0.2) is 0 Å². The third-order valence-corrected chi connectivity index (χ3v) is 6.35. The fourth-order valence-corrected chi connectivity index (χ4v) is 4.89. The minimum absolute atomic E-state index is 0.155. The minimum Gasteiger partial charge on any atom is -0.423 e. The molecule has 1 aliphatic heterocycles. The maximum atomic E-state index is 13.0. The van der Waals surface area contributed by atoms with Crippen LogP contribution in [0, 0.1) is 23.7 Å². The van der Waals surface area contributed by atoms with Crippen molar-refractivity contribution < 1.29 is 19.1 Å². The van der Waals surface area contributed by atoms with Crippen LogP contribution < -0.4 is 9.64 Å². The number of imide groups is 1. The number of esters is 1. The Kier molecular flexibility index (Phi) is 4.12. The lowest BCUT2D eigenvalue weighted by Crippen LogP contribution is -2.33. The zero-order valence-corrected chi connectivity index (χ0v) is 16.1. The van der Waals surface area contributed by atoms with Crippen molar-refractivity contribution in [1.82, 2.24) is 0 Å². The highest BCUT2D eigenvalue weighted by Gasteiger charge is 2.59. The van der Waals surface area contributed by atoms with Gasteiger partial charge in [0.1, 0.15) is 5.75 Å². The number of amides is 2. The Morgan fingerprint density at radius 1 is 1.00 bits per heavy atom. The number of benzene rings is 2. The van der Waals surface area contributed by atoms with Crippen molar-refractivity contribution in [1.29, 1.82) is 0 Å². The van der Waals surface area contributed by atoms with Gasteiger partial charge in [0, 0.05) is 0 Å². The maximum Gasteiger partial charge on any atom is 0.343 e. The van der Waals surface area contributed by atoms with Gasteiger partial charge in [-0.25, -0.2) is 9.69 Å². The molecule has 2 bridgehead atoms. The number of carbonyl (C=O) groups is 3. The third kappa shape index (κ3) is 2.80. The number of hydrogen-bond acceptors (Lipinski definition) is 4. The van der Waals surface area contributed by atoms with E-state index in [-0.39, 0.29) is 35.5 Å². The molecule has 2 aromatic rings. The van der Waals surface area contributed by atoms with Gasteiger partial charge < -0.3 is 4.74 Å². The Bertz CT molecular complexity index is 1010. The smallest absolute Gasteiger partial charge is 0.343 e. The number of nitrogens with zero attached hydrogens (tertiary/aromatic N) is 1. The molecule has 5 heteroatoms. The summed E-state index contributed by atoms with van der Waals surface area (Å²) in [7, 11) is 0. The van der Waals surface area contributed by atoms with Crippen molar-refractivity contribution >= 4 is 23.5 Å². The lowest BCUT2D eigenvalue weighted by atomic mass is 9.85. The van der Waals surface area contributed by atoms with Crippen LogP contribution in [0.2, 0.25) is 0 Å². The Morgan fingerprint density at radius 3 is 2.28 bits per heavy atom. The van der Waals surface area contributed by atoms with E-state index in [1.165, 1.54) is 4.90 Å². The van der Waals surface area contributed by atoms with Crippen LogP contribution in [0.1, 0.15) is 29.3 Å². The predicted molar refractivity (Wildman–Crippen MR) is 107 cm³/mol. The van der Waals surface area contributed by atoms with Crippen molar-refractivity contribution in [3.8, 4) is 5.75 Å². The van der Waals surface area contributed by atoms with Crippen LogP contribution in [0.4, 0.5) is 5.69 Å². The van der Waals surface area contributed by atoms with Crippen molar-refractivity contribution in [2.24, 2.45) is 23.7 Å². The standard InChI is InChI=1S/C24H21NO4/c1-2-14-6-10-19(11-7-14)29-24(28)17-4-3-5-18(13-17)25-22(26)20-15-8-9-16(12-15)21(20)23(25)27/h3-11,13,15-16,20-21H,2,12H2,1H3/t15-,16-,20-,21-/m0/s1. The summed E-state index contributed by atoms with van der Waals surface area (Å²) in [5.41, 5.74) is 1.90. The predicted octanol–water partition coefficient (Wildman–Crippen LogP) is 3.78. The van der Waals surface area contributed by atoms with Gasteiger partial charge in [0.2, 0.25) is 11.8 Å². The van der Waals surface area contributed by atoms with Crippen LogP contribution in [-0.4, -0.2) is 17.8 Å². The first-order chi connectivity index (χ1) is 14.1. The summed E-state index contributed by atoms with van der Waals surface area (Å²) in [6.07, 6.45) is 5.94. The lowest BCUT2D eigenvalue weighted by Gasteiger charge is -2.18. The van der Waals surface area contributed by atoms with Crippen LogP contribution >= 0.6 is 0 Å². The highest BCUT2D eigenvalue weighted by molar-refractivity contribution is 6.23. The van der Waals surface area contributed by atoms with Gasteiger partial charge in [-0.1, -0.05) is 37.3 Å². The normalized spacial score (nSPS) is 26.9. The van der Waals surface area contributed by atoms with Gasteiger partial charge in [-0.3, -0.25) is 9.59 Å². The number of allylic oxidation sites excluding steroid dienone is 2. The molecule has 5 rings (SSSR count). The summed E-state index contributed by atoms with van der Waals surface area (Å²) in [6, 6.07) is 13.9. The second kappa shape index (κ2) is 6.69. The van der Waals surface area contributed by atoms with Crippen LogP contribution in [0.15, 0.2) is 60.7 Å². The van der Waals surface area contributed by atoms with Gasteiger partial charge in [-0.2, -0.15) is 0 Å². The van der Waals surface area contributed by atoms with Crippen LogP contribution in [0.25, 0.3) is 0 Å². The first-order valence-corrected chi connectivity index (χ1v) is 10.0. The molecular formula is C24H21NO4. The molecule has 2 aliphatic carbocycles. The zero-order chi connectivity index (χ0) is 20.1. The highest BCUT2D eigenvalue weighted by Crippen LogP contribution is 2.53. The van der Waals surface area contributed by atoms with Gasteiger partial charge in [-0.15, -0.1) is 0 Å². The van der Waals surface area contributed by atoms with E-state index in [4.69, 9.17) is 4.74 Å². The average Bonchev–Trinajstić information content (AvgIpc) is 3.42. The number of carbonyl (C=O) groups excluding carboxylic acids is 3. The quantitative estimate of drug-likeness (QED) is 0.347. The third-order valence-electron chi connectivity index (χ3n) is 6.35. The second-order valence-corrected chi connectivity index (χ2v) is 7.95. The van der Waals surface area contributed by atoms with E-state index < -0.39 is 5.97 Å². The molecule has 5 nitrogen and oxygen atoms in total. The topological polar surface area (TPSA) is 63.7 Å². The van der Waals surface area contributed by atoms with Crippen molar-refractivity contribution in [3.63, 3.8) is 0 Å². The highest BCUT2D eigenvalue weighted by atomic mass is 16.5. The van der Waals surface area contributed by atoms with E-state index in [1.54, 1.807) is 36.4 Å². The van der Waals surface area contributed by atoms with E-state index in [0.29, 0.717) is 17.0 Å². The SMILES string of the molecule is CCc1ccc(OC(=O)c2cccc(N3C(=O)[C@@H]4[C@@H](C3=O)[C@H]3C=C[C@H]4C3)c2)cc1. The summed E-state index contributed by atoms with van der Waals surface area (Å²) in [6.45, 7) is 2.06. The Balaban J connectivity index is 1.38. The van der Waals surface area contributed by atoms with Gasteiger partial charge in [0.25, 0.3) is 0 Å². The van der Waals surface area contributed by atoms with E-state index in [2.05, 4.69) is 19.1 Å². The summed E-state index contributed by atoms with van der Waals surface area (Å²) >= 11 is 0. The summed E-state index contributed by atoms with van der Waals surface area (Å²) in [4.78, 5) is 39.8. The summed E-state index contributed by atoms with van der Waals surface area (Å²) in [5, 5.41) is 0. The number of ether oxygens (including phenoxy) is 1. The van der Waals surface area contributed by atoms with Crippen molar-refractivity contribution in [3.05, 3.63) is 71.8 Å². The fraction of sp³-hybridized carbons (Fsp3) is 0.292. The summed E-state index contributed by atoms with van der Waals surface area (Å²) in [5.74, 6) is -0.568. The molecule has 0 unspecified atom stereocenters. The molecule has 4 atom stereocenters. The minimum atomic E-state index is -0.517. The number of rotatable bonds is 4. The second-order valence-electron chi connectivity index (χ2n) is 7.95. The number of aryl methyl sites for hydroxylation is 1. The summed E-state index contributed by atoms with van der Waals surface area (Å²) < 4.78 is 5.45. The van der Waals surface area contributed by atoms with Crippen molar-refractivity contribution in [2.45, 2.75) is 19.8 Å². The molecule has 29 heavy (non-hydrogen) atoms. The molecule has 0 spiro atoms. The molecule has 0 radical (unpaired) electrons. The Morgan fingerprint density at radius 2 is 1.66 bits per heavy atom. The number of anilines is 1. The maximum absolute atomic E-state index is 13.0.